The molecule has 0 N–H and O–H groups in total. The Morgan fingerprint density at radius 1 is 1.05 bits per heavy atom. The van der Waals surface area contributed by atoms with Crippen LogP contribution >= 0.6 is 0 Å². The van der Waals surface area contributed by atoms with Gasteiger partial charge in [0.25, 0.3) is 0 Å². The first-order chi connectivity index (χ1) is 9.36. The van der Waals surface area contributed by atoms with Crippen LogP contribution in [0.4, 0.5) is 0 Å². The number of hydrogen-bond donors (Lipinski definition) is 0. The average Bonchev–Trinajstić information content (AvgIpc) is 2.79. The van der Waals surface area contributed by atoms with E-state index in [-0.39, 0.29) is 0 Å². The van der Waals surface area contributed by atoms with Crippen molar-refractivity contribution in [1.82, 2.24) is 9.55 Å². The fraction of sp³-hybridized carbons (Fsp3) is 0.353. The fourth-order valence-corrected chi connectivity index (χ4v) is 2.88. The van der Waals surface area contributed by atoms with Crippen molar-refractivity contribution in [3.8, 4) is 0 Å². The van der Waals surface area contributed by atoms with E-state index in [9.17, 15) is 0 Å². The summed E-state index contributed by atoms with van der Waals surface area (Å²) in [7, 11) is 0. The monoisotopic (exact) mass is 252 g/mol. The lowest BCUT2D eigenvalue weighted by atomic mass is 10.1. The van der Waals surface area contributed by atoms with Crippen LogP contribution in [0.3, 0.4) is 0 Å². The molecule has 3 rings (SSSR count). The molecule has 2 heteroatoms. The summed E-state index contributed by atoms with van der Waals surface area (Å²) in [5.74, 6) is 0. The maximum Gasteiger partial charge on any atom is 0.0710 e. The Morgan fingerprint density at radius 2 is 1.89 bits per heavy atom. The van der Waals surface area contributed by atoms with E-state index in [0.29, 0.717) is 0 Å². The summed E-state index contributed by atoms with van der Waals surface area (Å²) in [4.78, 5) is 4.57. The number of nitrogens with zero attached hydrogens (tertiary/aromatic N) is 2. The summed E-state index contributed by atoms with van der Waals surface area (Å²) in [5, 5.41) is 2.70. The number of fused-ring (bicyclic) bond motifs is 3. The largest absolute Gasteiger partial charge is 0.339 e. The molecule has 2 nitrogen and oxygen atoms in total. The van der Waals surface area contributed by atoms with E-state index in [2.05, 4.69) is 53.7 Å². The highest BCUT2D eigenvalue weighted by Crippen LogP contribution is 2.30. The van der Waals surface area contributed by atoms with Crippen LogP contribution in [0.1, 0.15) is 32.4 Å². The SMILES string of the molecule is CCCCn1c2ccccc2c2ccnc(CC)c21. The topological polar surface area (TPSA) is 17.8 Å². The maximum atomic E-state index is 4.57. The summed E-state index contributed by atoms with van der Waals surface area (Å²) in [6.07, 6.45) is 5.36. The van der Waals surface area contributed by atoms with Crippen molar-refractivity contribution in [2.45, 2.75) is 39.7 Å². The van der Waals surface area contributed by atoms with Gasteiger partial charge in [-0.1, -0.05) is 38.5 Å². The summed E-state index contributed by atoms with van der Waals surface area (Å²) in [6, 6.07) is 10.9. The van der Waals surface area contributed by atoms with Gasteiger partial charge in [-0.2, -0.15) is 0 Å². The molecule has 0 aliphatic heterocycles. The molecule has 2 aromatic heterocycles. The number of pyridine rings is 1. The molecule has 0 aliphatic carbocycles. The van der Waals surface area contributed by atoms with Crippen LogP contribution in [0.25, 0.3) is 21.8 Å². The highest BCUT2D eigenvalue weighted by atomic mass is 15.0. The van der Waals surface area contributed by atoms with Gasteiger partial charge in [-0.3, -0.25) is 4.98 Å². The van der Waals surface area contributed by atoms with Gasteiger partial charge in [0.15, 0.2) is 0 Å². The minimum absolute atomic E-state index is 0.986. The maximum absolute atomic E-state index is 4.57. The van der Waals surface area contributed by atoms with E-state index in [4.69, 9.17) is 0 Å². The van der Waals surface area contributed by atoms with Crippen LogP contribution < -0.4 is 0 Å². The second kappa shape index (κ2) is 5.04. The van der Waals surface area contributed by atoms with E-state index < -0.39 is 0 Å². The second-order valence-electron chi connectivity index (χ2n) is 5.03. The number of aromatic nitrogens is 2. The van der Waals surface area contributed by atoms with Gasteiger partial charge in [0.05, 0.1) is 11.2 Å². The minimum Gasteiger partial charge on any atom is -0.339 e. The molecule has 0 aliphatic rings. The lowest BCUT2D eigenvalue weighted by Crippen LogP contribution is -2.00. The molecule has 19 heavy (non-hydrogen) atoms. The highest BCUT2D eigenvalue weighted by molar-refractivity contribution is 6.08. The molecule has 0 saturated heterocycles. The Hall–Kier alpha value is -1.83. The van der Waals surface area contributed by atoms with Crippen molar-refractivity contribution >= 4 is 21.8 Å². The molecule has 0 bridgehead atoms. The van der Waals surface area contributed by atoms with Crippen LogP contribution in [0.15, 0.2) is 36.5 Å². The Bertz CT molecular complexity index is 710. The molecule has 0 fully saturated rings. The Balaban J connectivity index is 2.38. The zero-order valence-corrected chi connectivity index (χ0v) is 11.7. The van der Waals surface area contributed by atoms with Crippen molar-refractivity contribution < 1.29 is 0 Å². The molecule has 2 heterocycles. The van der Waals surface area contributed by atoms with Gasteiger partial charge in [-0.15, -0.1) is 0 Å². The molecule has 0 amide bonds. The van der Waals surface area contributed by atoms with E-state index in [0.717, 1.165) is 13.0 Å². The first-order valence-corrected chi connectivity index (χ1v) is 7.21. The molecule has 0 radical (unpaired) electrons. The predicted molar refractivity (Wildman–Crippen MR) is 81.5 cm³/mol. The molecular formula is C17H20N2. The Kier molecular flexibility index (Phi) is 3.24. The first-order valence-electron chi connectivity index (χ1n) is 7.21. The zero-order chi connectivity index (χ0) is 13.2. The smallest absolute Gasteiger partial charge is 0.0710 e. The molecule has 1 aromatic carbocycles. The van der Waals surface area contributed by atoms with Gasteiger partial charge in [0, 0.05) is 29.0 Å². The van der Waals surface area contributed by atoms with Crippen LogP contribution in [0.5, 0.6) is 0 Å². The lowest BCUT2D eigenvalue weighted by Gasteiger charge is -2.08. The standard InChI is InChI=1S/C17H20N2/c1-3-5-12-19-16-9-7-6-8-13(16)14-10-11-18-15(4-2)17(14)19/h6-11H,3-5,12H2,1-2H3. The van der Waals surface area contributed by atoms with Crippen molar-refractivity contribution in [3.63, 3.8) is 0 Å². The number of benzene rings is 1. The summed E-state index contributed by atoms with van der Waals surface area (Å²) in [6.45, 7) is 5.51. The quantitative estimate of drug-likeness (QED) is 0.666. The fourth-order valence-electron chi connectivity index (χ4n) is 2.88. The summed E-state index contributed by atoms with van der Waals surface area (Å²) < 4.78 is 2.46. The third-order valence-electron chi connectivity index (χ3n) is 3.83. The van der Waals surface area contributed by atoms with Crippen LogP contribution in [0, 0.1) is 0 Å². The van der Waals surface area contributed by atoms with Crippen LogP contribution in [0.2, 0.25) is 0 Å². The van der Waals surface area contributed by atoms with Crippen LogP contribution in [-0.2, 0) is 13.0 Å². The molecule has 0 atom stereocenters. The van der Waals surface area contributed by atoms with Crippen molar-refractivity contribution in [3.05, 3.63) is 42.2 Å². The van der Waals surface area contributed by atoms with Crippen molar-refractivity contribution in [2.75, 3.05) is 0 Å². The van der Waals surface area contributed by atoms with Crippen LogP contribution in [-0.4, -0.2) is 9.55 Å². The molecular weight excluding hydrogens is 232 g/mol. The number of hydrogen-bond acceptors (Lipinski definition) is 1. The Labute approximate surface area is 114 Å². The first kappa shape index (κ1) is 12.2. The second-order valence-corrected chi connectivity index (χ2v) is 5.03. The predicted octanol–water partition coefficient (Wildman–Crippen LogP) is 4.55. The molecule has 0 spiro atoms. The molecule has 98 valence electrons. The molecule has 3 aromatic rings. The van der Waals surface area contributed by atoms with E-state index >= 15 is 0 Å². The van der Waals surface area contributed by atoms with Crippen molar-refractivity contribution in [1.29, 1.82) is 0 Å². The number of aryl methyl sites for hydroxylation is 2. The molecule has 0 saturated carbocycles. The summed E-state index contributed by atoms with van der Waals surface area (Å²) in [5.41, 5.74) is 3.89. The van der Waals surface area contributed by atoms with Gasteiger partial charge >= 0.3 is 0 Å². The normalized spacial score (nSPS) is 11.5. The number of rotatable bonds is 4. The third kappa shape index (κ3) is 1.92. The van der Waals surface area contributed by atoms with Gasteiger partial charge in [-0.25, -0.2) is 0 Å². The van der Waals surface area contributed by atoms with E-state index in [1.54, 1.807) is 0 Å². The average molecular weight is 252 g/mol. The number of unbranched alkanes of at least 4 members (excludes halogenated alkanes) is 1. The van der Waals surface area contributed by atoms with Gasteiger partial charge in [0.2, 0.25) is 0 Å². The lowest BCUT2D eigenvalue weighted by molar-refractivity contribution is 0.662. The Morgan fingerprint density at radius 3 is 2.68 bits per heavy atom. The highest BCUT2D eigenvalue weighted by Gasteiger charge is 2.12. The molecule has 0 unspecified atom stereocenters. The van der Waals surface area contributed by atoms with E-state index in [1.807, 2.05) is 6.20 Å². The third-order valence-corrected chi connectivity index (χ3v) is 3.83. The van der Waals surface area contributed by atoms with E-state index in [1.165, 1.54) is 40.3 Å². The van der Waals surface area contributed by atoms with Gasteiger partial charge in [-0.05, 0) is 25.0 Å². The summed E-state index contributed by atoms with van der Waals surface area (Å²) >= 11 is 0. The van der Waals surface area contributed by atoms with Gasteiger partial charge in [0.1, 0.15) is 0 Å². The zero-order valence-electron chi connectivity index (χ0n) is 11.7. The minimum atomic E-state index is 0.986. The van der Waals surface area contributed by atoms with Gasteiger partial charge < -0.3 is 4.57 Å². The van der Waals surface area contributed by atoms with Crippen molar-refractivity contribution in [2.24, 2.45) is 0 Å². The number of para-hydroxylation sites is 1.